The van der Waals surface area contributed by atoms with Crippen LogP contribution in [-0.4, -0.2) is 18.9 Å². The van der Waals surface area contributed by atoms with Gasteiger partial charge in [-0.05, 0) is 12.1 Å². The maximum absolute atomic E-state index is 11.6. The second-order valence-electron chi connectivity index (χ2n) is 3.61. The Labute approximate surface area is 93.2 Å². The number of ketones is 1. The molecule has 1 fully saturated rings. The molecule has 1 aromatic rings. The van der Waals surface area contributed by atoms with E-state index in [1.165, 1.54) is 0 Å². The summed E-state index contributed by atoms with van der Waals surface area (Å²) in [4.78, 5) is 22.8. The first-order chi connectivity index (χ1) is 7.70. The summed E-state index contributed by atoms with van der Waals surface area (Å²) in [6.07, 6.45) is -0.337. The van der Waals surface area contributed by atoms with Gasteiger partial charge < -0.3 is 9.47 Å². The average Bonchev–Trinajstić information content (AvgIpc) is 2.32. The van der Waals surface area contributed by atoms with Crippen molar-refractivity contribution in [2.45, 2.75) is 18.9 Å². The maximum Gasteiger partial charge on any atom is 0.307 e. The number of methoxy groups -OCH3 is 1. The van der Waals surface area contributed by atoms with Gasteiger partial charge >= 0.3 is 5.97 Å². The van der Waals surface area contributed by atoms with E-state index in [4.69, 9.17) is 9.47 Å². The summed E-state index contributed by atoms with van der Waals surface area (Å²) in [6, 6.07) is 7.01. The van der Waals surface area contributed by atoms with Crippen LogP contribution >= 0.6 is 0 Å². The molecule has 4 nitrogen and oxygen atoms in total. The van der Waals surface area contributed by atoms with Crippen molar-refractivity contribution in [2.75, 3.05) is 7.11 Å². The van der Waals surface area contributed by atoms with Crippen molar-refractivity contribution >= 4 is 11.8 Å². The predicted molar refractivity (Wildman–Crippen MR) is 56.1 cm³/mol. The Morgan fingerprint density at radius 1 is 1.31 bits per heavy atom. The Morgan fingerprint density at radius 2 is 2.12 bits per heavy atom. The molecular weight excluding hydrogens is 208 g/mol. The Morgan fingerprint density at radius 3 is 2.88 bits per heavy atom. The second kappa shape index (κ2) is 4.35. The lowest BCUT2D eigenvalue weighted by Gasteiger charge is -2.21. The van der Waals surface area contributed by atoms with E-state index in [1.807, 2.05) is 0 Å². The van der Waals surface area contributed by atoms with Gasteiger partial charge in [0.05, 0.1) is 13.5 Å². The van der Waals surface area contributed by atoms with Crippen LogP contribution in [0, 0.1) is 0 Å². The minimum atomic E-state index is -0.767. The number of ether oxygens (including phenoxy) is 2. The first-order valence-electron chi connectivity index (χ1n) is 5.07. The SMILES string of the molecule is COc1cccc(C2OC(=O)CCC2=O)c1. The quantitative estimate of drug-likeness (QED) is 0.711. The molecule has 0 N–H and O–H groups in total. The molecule has 4 heteroatoms. The van der Waals surface area contributed by atoms with Crippen LogP contribution in [0.2, 0.25) is 0 Å². The van der Waals surface area contributed by atoms with E-state index in [1.54, 1.807) is 31.4 Å². The zero-order valence-electron chi connectivity index (χ0n) is 8.93. The van der Waals surface area contributed by atoms with Crippen LogP contribution in [0.5, 0.6) is 5.75 Å². The first-order valence-corrected chi connectivity index (χ1v) is 5.07. The third kappa shape index (κ3) is 2.05. The number of rotatable bonds is 2. The van der Waals surface area contributed by atoms with Gasteiger partial charge in [0.25, 0.3) is 0 Å². The van der Waals surface area contributed by atoms with Crippen LogP contribution in [0.3, 0.4) is 0 Å². The molecule has 1 heterocycles. The van der Waals surface area contributed by atoms with Crippen LogP contribution in [0.25, 0.3) is 0 Å². The zero-order chi connectivity index (χ0) is 11.5. The molecule has 0 aromatic heterocycles. The lowest BCUT2D eigenvalue weighted by Crippen LogP contribution is -2.25. The number of cyclic esters (lactones) is 1. The summed E-state index contributed by atoms with van der Waals surface area (Å²) in [6.45, 7) is 0. The lowest BCUT2D eigenvalue weighted by molar-refractivity contribution is -0.161. The largest absolute Gasteiger partial charge is 0.497 e. The molecule has 0 spiro atoms. The van der Waals surface area contributed by atoms with Gasteiger partial charge in [0.15, 0.2) is 11.9 Å². The third-order valence-electron chi connectivity index (χ3n) is 2.51. The van der Waals surface area contributed by atoms with Gasteiger partial charge in [0.2, 0.25) is 0 Å². The van der Waals surface area contributed by atoms with Gasteiger partial charge in [-0.25, -0.2) is 0 Å². The number of carbonyl (C=O) groups is 2. The average molecular weight is 220 g/mol. The molecule has 1 saturated heterocycles. The highest BCUT2D eigenvalue weighted by Crippen LogP contribution is 2.27. The minimum absolute atomic E-state index is 0.0622. The van der Waals surface area contributed by atoms with Crippen molar-refractivity contribution < 1.29 is 19.1 Å². The lowest BCUT2D eigenvalue weighted by atomic mass is 10.00. The number of Topliss-reactive ketones (excluding diaryl/α,β-unsaturated/α-hetero) is 1. The monoisotopic (exact) mass is 220 g/mol. The fraction of sp³-hybridized carbons (Fsp3) is 0.333. The zero-order valence-corrected chi connectivity index (χ0v) is 8.93. The molecule has 1 atom stereocenters. The van der Waals surface area contributed by atoms with Crippen LogP contribution in [0.15, 0.2) is 24.3 Å². The minimum Gasteiger partial charge on any atom is -0.497 e. The fourth-order valence-corrected chi connectivity index (χ4v) is 1.67. The highest BCUT2D eigenvalue weighted by Gasteiger charge is 2.29. The van der Waals surface area contributed by atoms with E-state index in [0.717, 1.165) is 0 Å². The molecule has 0 bridgehead atoms. The molecule has 16 heavy (non-hydrogen) atoms. The van der Waals surface area contributed by atoms with E-state index >= 15 is 0 Å². The highest BCUT2D eigenvalue weighted by molar-refractivity contribution is 5.92. The number of benzene rings is 1. The Kier molecular flexibility index (Phi) is 2.90. The Hall–Kier alpha value is -1.84. The summed E-state index contributed by atoms with van der Waals surface area (Å²) in [5, 5.41) is 0. The van der Waals surface area contributed by atoms with E-state index in [-0.39, 0.29) is 24.6 Å². The van der Waals surface area contributed by atoms with Crippen molar-refractivity contribution in [2.24, 2.45) is 0 Å². The summed E-state index contributed by atoms with van der Waals surface area (Å²) in [5.41, 5.74) is 0.664. The smallest absolute Gasteiger partial charge is 0.307 e. The molecular formula is C12H12O4. The van der Waals surface area contributed by atoms with Crippen LogP contribution < -0.4 is 4.74 Å². The number of carbonyl (C=O) groups excluding carboxylic acids is 2. The van der Waals surface area contributed by atoms with Crippen LogP contribution in [0.1, 0.15) is 24.5 Å². The van der Waals surface area contributed by atoms with Gasteiger partial charge in [-0.15, -0.1) is 0 Å². The second-order valence-corrected chi connectivity index (χ2v) is 3.61. The van der Waals surface area contributed by atoms with E-state index < -0.39 is 6.10 Å². The van der Waals surface area contributed by atoms with E-state index in [9.17, 15) is 9.59 Å². The molecule has 0 saturated carbocycles. The summed E-state index contributed by atoms with van der Waals surface area (Å²) in [7, 11) is 1.55. The van der Waals surface area contributed by atoms with Gasteiger partial charge in [-0.1, -0.05) is 12.1 Å². The molecule has 2 rings (SSSR count). The predicted octanol–water partition coefficient (Wildman–Crippen LogP) is 1.64. The number of hydrogen-bond donors (Lipinski definition) is 0. The molecule has 0 radical (unpaired) electrons. The van der Waals surface area contributed by atoms with Gasteiger partial charge in [0.1, 0.15) is 5.75 Å². The summed E-state index contributed by atoms with van der Waals surface area (Å²) in [5.74, 6) is 0.257. The van der Waals surface area contributed by atoms with Crippen molar-refractivity contribution in [3.63, 3.8) is 0 Å². The van der Waals surface area contributed by atoms with Crippen molar-refractivity contribution in [1.29, 1.82) is 0 Å². The first kappa shape index (κ1) is 10.7. The topological polar surface area (TPSA) is 52.6 Å². The van der Waals surface area contributed by atoms with Crippen molar-refractivity contribution in [3.05, 3.63) is 29.8 Å². The summed E-state index contributed by atoms with van der Waals surface area (Å²) >= 11 is 0. The van der Waals surface area contributed by atoms with Gasteiger partial charge in [0, 0.05) is 12.0 Å². The Balaban J connectivity index is 2.27. The van der Waals surface area contributed by atoms with E-state index in [0.29, 0.717) is 11.3 Å². The number of hydrogen-bond acceptors (Lipinski definition) is 4. The van der Waals surface area contributed by atoms with Gasteiger partial charge in [-0.2, -0.15) is 0 Å². The maximum atomic E-state index is 11.6. The Bertz CT molecular complexity index is 425. The molecule has 1 unspecified atom stereocenters. The molecule has 0 aliphatic carbocycles. The molecule has 84 valence electrons. The molecule has 1 aromatic carbocycles. The van der Waals surface area contributed by atoms with Gasteiger partial charge in [-0.3, -0.25) is 9.59 Å². The van der Waals surface area contributed by atoms with Crippen molar-refractivity contribution in [1.82, 2.24) is 0 Å². The van der Waals surface area contributed by atoms with Crippen molar-refractivity contribution in [3.8, 4) is 5.75 Å². The third-order valence-corrected chi connectivity index (χ3v) is 2.51. The number of esters is 1. The molecule has 0 amide bonds. The highest BCUT2D eigenvalue weighted by atomic mass is 16.5. The molecule has 1 aliphatic heterocycles. The summed E-state index contributed by atoms with van der Waals surface area (Å²) < 4.78 is 10.1. The molecule has 1 aliphatic rings. The van der Waals surface area contributed by atoms with Crippen LogP contribution in [0.4, 0.5) is 0 Å². The fourth-order valence-electron chi connectivity index (χ4n) is 1.67. The standard InChI is InChI=1S/C12H12O4/c1-15-9-4-2-3-8(7-9)12-10(13)5-6-11(14)16-12/h2-4,7,12H,5-6H2,1H3. The van der Waals surface area contributed by atoms with Crippen LogP contribution in [-0.2, 0) is 14.3 Å². The van der Waals surface area contributed by atoms with E-state index in [2.05, 4.69) is 0 Å². The normalized spacial score (nSPS) is 20.4.